The molecule has 0 aliphatic carbocycles. The van der Waals surface area contributed by atoms with E-state index in [4.69, 9.17) is 15.4 Å². The molecule has 0 atom stereocenters. The molecule has 3 N–H and O–H groups in total. The topological polar surface area (TPSA) is 92.1 Å². The predicted molar refractivity (Wildman–Crippen MR) is 70.6 cm³/mol. The summed E-state index contributed by atoms with van der Waals surface area (Å²) in [6, 6.07) is 3.26. The first-order valence-electron chi connectivity index (χ1n) is 5.48. The third kappa shape index (κ3) is 3.76. The first kappa shape index (κ1) is 14.6. The van der Waals surface area contributed by atoms with Gasteiger partial charge in [-0.2, -0.15) is 0 Å². The zero-order valence-electron chi connectivity index (χ0n) is 10.3. The quantitative estimate of drug-likeness (QED) is 0.376. The van der Waals surface area contributed by atoms with E-state index in [0.717, 1.165) is 0 Å². The lowest BCUT2D eigenvalue weighted by molar-refractivity contribution is 0.0677. The second kappa shape index (κ2) is 6.44. The molecule has 1 aromatic rings. The van der Waals surface area contributed by atoms with Gasteiger partial charge in [-0.15, -0.1) is 0 Å². The second-order valence-corrected chi connectivity index (χ2v) is 4.82. The summed E-state index contributed by atoms with van der Waals surface area (Å²) >= 11 is 3.15. The van der Waals surface area contributed by atoms with Crippen molar-refractivity contribution in [3.8, 4) is 0 Å². The third-order valence-corrected chi connectivity index (χ3v) is 2.83. The van der Waals surface area contributed by atoms with Crippen LogP contribution in [0.25, 0.3) is 0 Å². The van der Waals surface area contributed by atoms with Crippen LogP contribution >= 0.6 is 15.9 Å². The Kier molecular flexibility index (Phi) is 5.21. The van der Waals surface area contributed by atoms with Gasteiger partial charge in [-0.1, -0.05) is 5.16 Å². The highest BCUT2D eigenvalue weighted by Crippen LogP contribution is 2.17. The summed E-state index contributed by atoms with van der Waals surface area (Å²) in [6.07, 6.45) is 0.308. The van der Waals surface area contributed by atoms with Crippen LogP contribution in [-0.4, -0.2) is 34.4 Å². The van der Waals surface area contributed by atoms with E-state index in [9.17, 15) is 4.79 Å². The summed E-state index contributed by atoms with van der Waals surface area (Å²) in [7, 11) is 0. The lowest BCUT2D eigenvalue weighted by Crippen LogP contribution is -2.39. The number of hydrogen-bond donors (Lipinski definition) is 2. The van der Waals surface area contributed by atoms with Gasteiger partial charge in [0.2, 0.25) is 0 Å². The van der Waals surface area contributed by atoms with Gasteiger partial charge in [0.25, 0.3) is 5.91 Å². The van der Waals surface area contributed by atoms with Crippen molar-refractivity contribution in [1.82, 2.24) is 4.90 Å². The van der Waals surface area contributed by atoms with Crippen LogP contribution in [0.5, 0.6) is 0 Å². The number of amides is 1. The van der Waals surface area contributed by atoms with Gasteiger partial charge in [-0.25, -0.2) is 0 Å². The summed E-state index contributed by atoms with van der Waals surface area (Å²) in [6.45, 7) is 4.15. The Balaban J connectivity index is 2.76. The Labute approximate surface area is 114 Å². The first-order valence-corrected chi connectivity index (χ1v) is 6.27. The van der Waals surface area contributed by atoms with Crippen LogP contribution in [0.15, 0.2) is 26.4 Å². The molecular weight excluding hydrogens is 302 g/mol. The van der Waals surface area contributed by atoms with Gasteiger partial charge in [0.15, 0.2) is 10.4 Å². The van der Waals surface area contributed by atoms with E-state index in [1.807, 2.05) is 13.8 Å². The molecule has 0 radical (unpaired) electrons. The number of oxime groups is 1. The van der Waals surface area contributed by atoms with E-state index in [-0.39, 0.29) is 23.5 Å². The van der Waals surface area contributed by atoms with Crippen molar-refractivity contribution in [3.63, 3.8) is 0 Å². The molecule has 0 aliphatic rings. The number of carbonyl (C=O) groups excluding carboxylic acids is 1. The molecule has 0 unspecified atom stereocenters. The standard InChI is InChI=1S/C11H16BrN3O3/c1-7(2)15(6-5-10(13)14-17)11(16)8-3-4-9(12)18-8/h3-4,7,17H,5-6H2,1-2H3,(H2,13,14). The smallest absolute Gasteiger partial charge is 0.289 e. The van der Waals surface area contributed by atoms with Crippen molar-refractivity contribution in [2.75, 3.05) is 6.54 Å². The molecule has 1 heterocycles. The number of furan rings is 1. The molecular formula is C11H16BrN3O3. The lowest BCUT2D eigenvalue weighted by atomic mass is 10.2. The van der Waals surface area contributed by atoms with Gasteiger partial charge < -0.3 is 20.3 Å². The number of amidine groups is 1. The number of carbonyl (C=O) groups is 1. The zero-order chi connectivity index (χ0) is 13.7. The lowest BCUT2D eigenvalue weighted by Gasteiger charge is -2.25. The van der Waals surface area contributed by atoms with E-state index < -0.39 is 0 Å². The molecule has 7 heteroatoms. The maximum absolute atomic E-state index is 12.2. The molecule has 0 fully saturated rings. The maximum atomic E-state index is 12.2. The Morgan fingerprint density at radius 1 is 1.61 bits per heavy atom. The minimum absolute atomic E-state index is 0.00660. The highest BCUT2D eigenvalue weighted by atomic mass is 79.9. The van der Waals surface area contributed by atoms with Gasteiger partial charge in [0.05, 0.1) is 0 Å². The van der Waals surface area contributed by atoms with E-state index in [1.165, 1.54) is 0 Å². The van der Waals surface area contributed by atoms with Crippen LogP contribution in [0.2, 0.25) is 0 Å². The molecule has 0 bridgehead atoms. The fourth-order valence-corrected chi connectivity index (χ4v) is 1.76. The number of hydrogen-bond acceptors (Lipinski definition) is 4. The van der Waals surface area contributed by atoms with Crippen LogP contribution < -0.4 is 5.73 Å². The summed E-state index contributed by atoms with van der Waals surface area (Å²) in [4.78, 5) is 13.8. The van der Waals surface area contributed by atoms with Crippen molar-refractivity contribution in [2.45, 2.75) is 26.3 Å². The SMILES string of the molecule is CC(C)N(CCC(N)=NO)C(=O)c1ccc(Br)o1. The molecule has 1 amide bonds. The minimum atomic E-state index is -0.221. The normalized spacial score (nSPS) is 11.9. The van der Waals surface area contributed by atoms with Crippen molar-refractivity contribution in [3.05, 3.63) is 22.6 Å². The predicted octanol–water partition coefficient (Wildman–Crippen LogP) is 2.03. The molecule has 0 aliphatic heterocycles. The van der Waals surface area contributed by atoms with E-state index in [0.29, 0.717) is 17.6 Å². The largest absolute Gasteiger partial charge is 0.444 e. The van der Waals surface area contributed by atoms with Gasteiger partial charge in [-0.05, 0) is 41.9 Å². The molecule has 6 nitrogen and oxygen atoms in total. The van der Waals surface area contributed by atoms with Gasteiger partial charge in [0.1, 0.15) is 5.84 Å². The molecule has 0 aromatic carbocycles. The summed E-state index contributed by atoms with van der Waals surface area (Å²) in [5, 5.41) is 11.4. The van der Waals surface area contributed by atoms with E-state index in [1.54, 1.807) is 17.0 Å². The van der Waals surface area contributed by atoms with Crippen LogP contribution in [0.3, 0.4) is 0 Å². The third-order valence-electron chi connectivity index (χ3n) is 2.41. The maximum Gasteiger partial charge on any atom is 0.289 e. The summed E-state index contributed by atoms with van der Waals surface area (Å²) in [5.41, 5.74) is 5.40. The Morgan fingerprint density at radius 3 is 2.72 bits per heavy atom. The zero-order valence-corrected chi connectivity index (χ0v) is 11.8. The van der Waals surface area contributed by atoms with Crippen molar-refractivity contribution < 1.29 is 14.4 Å². The first-order chi connectivity index (χ1) is 8.45. The summed E-state index contributed by atoms with van der Waals surface area (Å²) in [5.74, 6) is 0.130. The van der Waals surface area contributed by atoms with Crippen molar-refractivity contribution >= 4 is 27.7 Å². The molecule has 1 aromatic heterocycles. The van der Waals surface area contributed by atoms with Crippen molar-refractivity contribution in [1.29, 1.82) is 0 Å². The minimum Gasteiger partial charge on any atom is -0.444 e. The number of rotatable bonds is 5. The van der Waals surface area contributed by atoms with Gasteiger partial charge >= 0.3 is 0 Å². The van der Waals surface area contributed by atoms with E-state index in [2.05, 4.69) is 21.1 Å². The van der Waals surface area contributed by atoms with Gasteiger partial charge in [0, 0.05) is 19.0 Å². The fourth-order valence-electron chi connectivity index (χ4n) is 1.45. The van der Waals surface area contributed by atoms with E-state index >= 15 is 0 Å². The Bertz CT molecular complexity index is 442. The fraction of sp³-hybridized carbons (Fsp3) is 0.455. The highest BCUT2D eigenvalue weighted by Gasteiger charge is 2.21. The monoisotopic (exact) mass is 317 g/mol. The average molecular weight is 318 g/mol. The Hall–Kier alpha value is -1.50. The van der Waals surface area contributed by atoms with Crippen LogP contribution in [0.1, 0.15) is 30.8 Å². The molecule has 0 saturated heterocycles. The van der Waals surface area contributed by atoms with Crippen LogP contribution in [-0.2, 0) is 0 Å². The number of nitrogens with two attached hydrogens (primary N) is 1. The number of halogens is 1. The second-order valence-electron chi connectivity index (χ2n) is 4.04. The molecule has 0 saturated carbocycles. The Morgan fingerprint density at radius 2 is 2.28 bits per heavy atom. The highest BCUT2D eigenvalue weighted by molar-refractivity contribution is 9.10. The average Bonchev–Trinajstić information content (AvgIpc) is 2.75. The summed E-state index contributed by atoms with van der Waals surface area (Å²) < 4.78 is 5.73. The number of nitrogens with zero attached hydrogens (tertiary/aromatic N) is 2. The van der Waals surface area contributed by atoms with Crippen LogP contribution in [0, 0.1) is 0 Å². The molecule has 18 heavy (non-hydrogen) atoms. The van der Waals surface area contributed by atoms with Crippen molar-refractivity contribution in [2.24, 2.45) is 10.9 Å². The molecule has 1 rings (SSSR count). The molecule has 100 valence electrons. The van der Waals surface area contributed by atoms with Gasteiger partial charge in [-0.3, -0.25) is 4.79 Å². The van der Waals surface area contributed by atoms with Crippen LogP contribution in [0.4, 0.5) is 0 Å². The molecule has 0 spiro atoms.